The van der Waals surface area contributed by atoms with E-state index in [1.54, 1.807) is 0 Å². The fourth-order valence-corrected chi connectivity index (χ4v) is 2.29. The van der Waals surface area contributed by atoms with Gasteiger partial charge in [-0.1, -0.05) is 35.7 Å². The van der Waals surface area contributed by atoms with Crippen LogP contribution in [0.15, 0.2) is 0 Å². The lowest BCUT2D eigenvalue weighted by Crippen LogP contribution is -2.32. The topological polar surface area (TPSA) is 29.1 Å². The summed E-state index contributed by atoms with van der Waals surface area (Å²) in [6.45, 7) is 2.93. The van der Waals surface area contributed by atoms with Gasteiger partial charge in [-0.05, 0) is 25.2 Å². The molecule has 1 fully saturated rings. The normalized spacial score (nSPS) is 18.7. The van der Waals surface area contributed by atoms with Crippen LogP contribution in [0.3, 0.4) is 0 Å². The van der Waals surface area contributed by atoms with E-state index in [0.29, 0.717) is 10.7 Å². The van der Waals surface area contributed by atoms with E-state index in [1.807, 2.05) is 0 Å². The van der Waals surface area contributed by atoms with E-state index in [1.165, 1.54) is 19.3 Å². The van der Waals surface area contributed by atoms with Gasteiger partial charge in [0.2, 0.25) is 5.91 Å². The summed E-state index contributed by atoms with van der Waals surface area (Å²) in [5.41, 5.74) is 0. The molecular formula is C11H20BrNO. The molecule has 1 aliphatic carbocycles. The Balaban J connectivity index is 2.01. The molecule has 3 heteroatoms. The zero-order chi connectivity index (χ0) is 10.4. The Hall–Kier alpha value is -0.0500. The maximum atomic E-state index is 11.4. The van der Waals surface area contributed by atoms with Gasteiger partial charge in [-0.15, -0.1) is 0 Å². The second-order valence-corrected chi connectivity index (χ2v) is 5.49. The summed E-state index contributed by atoms with van der Waals surface area (Å²) in [5.74, 6) is 0.908. The van der Waals surface area contributed by atoms with Crippen molar-refractivity contribution in [3.05, 3.63) is 0 Å². The van der Waals surface area contributed by atoms with Gasteiger partial charge < -0.3 is 5.32 Å². The zero-order valence-electron chi connectivity index (χ0n) is 8.89. The van der Waals surface area contributed by atoms with Crippen molar-refractivity contribution in [3.8, 4) is 0 Å². The SMILES string of the molecule is CCCC(Br)CNC(=O)CC1CCC1. The van der Waals surface area contributed by atoms with Crippen LogP contribution >= 0.6 is 15.9 Å². The molecule has 1 amide bonds. The first kappa shape index (κ1) is 12.0. The number of nitrogens with one attached hydrogen (secondary N) is 1. The first-order valence-electron chi connectivity index (χ1n) is 5.63. The maximum absolute atomic E-state index is 11.4. The molecule has 1 aliphatic rings. The molecule has 2 nitrogen and oxygen atoms in total. The molecule has 1 N–H and O–H groups in total. The smallest absolute Gasteiger partial charge is 0.220 e. The van der Waals surface area contributed by atoms with Gasteiger partial charge in [0.1, 0.15) is 0 Å². The number of amides is 1. The summed E-state index contributed by atoms with van der Waals surface area (Å²) in [7, 11) is 0. The van der Waals surface area contributed by atoms with Crippen LogP contribution in [0.5, 0.6) is 0 Å². The molecule has 0 saturated heterocycles. The van der Waals surface area contributed by atoms with E-state index in [9.17, 15) is 4.79 Å². The molecule has 1 saturated carbocycles. The van der Waals surface area contributed by atoms with Crippen molar-refractivity contribution < 1.29 is 4.79 Å². The summed E-state index contributed by atoms with van der Waals surface area (Å²) in [5, 5.41) is 2.98. The van der Waals surface area contributed by atoms with Crippen molar-refractivity contribution in [2.75, 3.05) is 6.54 Å². The third kappa shape index (κ3) is 4.45. The average Bonchev–Trinajstić information content (AvgIpc) is 2.09. The molecule has 0 aromatic carbocycles. The fraction of sp³-hybridized carbons (Fsp3) is 0.909. The lowest BCUT2D eigenvalue weighted by atomic mass is 9.83. The molecule has 0 aromatic rings. The largest absolute Gasteiger partial charge is 0.355 e. The van der Waals surface area contributed by atoms with E-state index in [-0.39, 0.29) is 5.91 Å². The van der Waals surface area contributed by atoms with E-state index in [4.69, 9.17) is 0 Å². The summed E-state index contributed by atoms with van der Waals surface area (Å²) in [6.07, 6.45) is 6.85. The lowest BCUT2D eigenvalue weighted by Gasteiger charge is -2.24. The summed E-state index contributed by atoms with van der Waals surface area (Å²) in [6, 6.07) is 0. The maximum Gasteiger partial charge on any atom is 0.220 e. The monoisotopic (exact) mass is 261 g/mol. The Morgan fingerprint density at radius 3 is 2.79 bits per heavy atom. The van der Waals surface area contributed by atoms with Crippen LogP contribution in [0.1, 0.15) is 45.4 Å². The molecule has 0 spiro atoms. The van der Waals surface area contributed by atoms with Gasteiger partial charge in [-0.2, -0.15) is 0 Å². The first-order chi connectivity index (χ1) is 6.72. The highest BCUT2D eigenvalue weighted by Crippen LogP contribution is 2.29. The molecule has 82 valence electrons. The van der Waals surface area contributed by atoms with Crippen LogP contribution in [-0.4, -0.2) is 17.3 Å². The standard InChI is InChI=1S/C11H20BrNO/c1-2-4-10(12)8-13-11(14)7-9-5-3-6-9/h9-10H,2-8H2,1H3,(H,13,14). The van der Waals surface area contributed by atoms with Crippen LogP contribution < -0.4 is 5.32 Å². The Morgan fingerprint density at radius 2 is 2.29 bits per heavy atom. The van der Waals surface area contributed by atoms with Gasteiger partial charge in [-0.25, -0.2) is 0 Å². The van der Waals surface area contributed by atoms with Gasteiger partial charge in [0.05, 0.1) is 0 Å². The van der Waals surface area contributed by atoms with Crippen molar-refractivity contribution >= 4 is 21.8 Å². The molecular weight excluding hydrogens is 242 g/mol. The number of hydrogen-bond acceptors (Lipinski definition) is 1. The number of rotatable bonds is 6. The van der Waals surface area contributed by atoms with E-state index in [2.05, 4.69) is 28.2 Å². The highest BCUT2D eigenvalue weighted by Gasteiger charge is 2.20. The number of carbonyl (C=O) groups excluding carboxylic acids is 1. The summed E-state index contributed by atoms with van der Waals surface area (Å²) in [4.78, 5) is 11.9. The van der Waals surface area contributed by atoms with Gasteiger partial charge >= 0.3 is 0 Å². The van der Waals surface area contributed by atoms with E-state index < -0.39 is 0 Å². The quantitative estimate of drug-likeness (QED) is 0.733. The minimum Gasteiger partial charge on any atom is -0.355 e. The third-order valence-corrected chi connectivity index (χ3v) is 3.60. The van der Waals surface area contributed by atoms with E-state index in [0.717, 1.165) is 25.8 Å². The average molecular weight is 262 g/mol. The number of carbonyl (C=O) groups is 1. The second kappa shape index (κ2) is 6.44. The Kier molecular flexibility index (Phi) is 5.53. The number of halogens is 1. The molecule has 0 aliphatic heterocycles. The van der Waals surface area contributed by atoms with Crippen LogP contribution in [0.25, 0.3) is 0 Å². The number of alkyl halides is 1. The van der Waals surface area contributed by atoms with Crippen LogP contribution in [0, 0.1) is 5.92 Å². The van der Waals surface area contributed by atoms with E-state index >= 15 is 0 Å². The highest BCUT2D eigenvalue weighted by atomic mass is 79.9. The van der Waals surface area contributed by atoms with Crippen LogP contribution in [0.2, 0.25) is 0 Å². The summed E-state index contributed by atoms with van der Waals surface area (Å²) >= 11 is 3.55. The Labute approximate surface area is 95.0 Å². The van der Waals surface area contributed by atoms with Crippen molar-refractivity contribution in [1.82, 2.24) is 5.32 Å². The van der Waals surface area contributed by atoms with Crippen molar-refractivity contribution in [1.29, 1.82) is 0 Å². The predicted octanol–water partition coefficient (Wildman–Crippen LogP) is 2.86. The predicted molar refractivity (Wildman–Crippen MR) is 62.6 cm³/mol. The molecule has 0 heterocycles. The molecule has 1 unspecified atom stereocenters. The van der Waals surface area contributed by atoms with Gasteiger partial charge in [0, 0.05) is 17.8 Å². The zero-order valence-corrected chi connectivity index (χ0v) is 10.5. The fourth-order valence-electron chi connectivity index (χ4n) is 1.67. The second-order valence-electron chi connectivity index (χ2n) is 4.19. The molecule has 1 atom stereocenters. The molecule has 1 rings (SSSR count). The minimum atomic E-state index is 0.232. The molecule has 0 radical (unpaired) electrons. The van der Waals surface area contributed by atoms with Gasteiger partial charge in [0.25, 0.3) is 0 Å². The highest BCUT2D eigenvalue weighted by molar-refractivity contribution is 9.09. The van der Waals surface area contributed by atoms with Crippen molar-refractivity contribution in [2.24, 2.45) is 5.92 Å². The first-order valence-corrected chi connectivity index (χ1v) is 6.54. The molecule has 0 aromatic heterocycles. The van der Waals surface area contributed by atoms with Crippen LogP contribution in [0.4, 0.5) is 0 Å². The summed E-state index contributed by atoms with van der Waals surface area (Å²) < 4.78 is 0. The number of hydrogen-bond donors (Lipinski definition) is 1. The molecule has 14 heavy (non-hydrogen) atoms. The Morgan fingerprint density at radius 1 is 1.57 bits per heavy atom. The Bertz CT molecular complexity index is 180. The van der Waals surface area contributed by atoms with Gasteiger partial charge in [-0.3, -0.25) is 4.79 Å². The lowest BCUT2D eigenvalue weighted by molar-refractivity contribution is -0.122. The third-order valence-electron chi connectivity index (χ3n) is 2.82. The van der Waals surface area contributed by atoms with Crippen molar-refractivity contribution in [3.63, 3.8) is 0 Å². The van der Waals surface area contributed by atoms with Gasteiger partial charge in [0.15, 0.2) is 0 Å². The van der Waals surface area contributed by atoms with Crippen LogP contribution in [-0.2, 0) is 4.79 Å². The van der Waals surface area contributed by atoms with Crippen molar-refractivity contribution in [2.45, 2.75) is 50.3 Å². The molecule has 0 bridgehead atoms. The minimum absolute atomic E-state index is 0.232.